The number of hydrogen-bond acceptors (Lipinski definition) is 2. The van der Waals surface area contributed by atoms with Gasteiger partial charge in [-0.25, -0.2) is 0 Å². The van der Waals surface area contributed by atoms with Crippen LogP contribution in [-0.4, -0.2) is 24.9 Å². The van der Waals surface area contributed by atoms with E-state index >= 15 is 0 Å². The lowest BCUT2D eigenvalue weighted by Gasteiger charge is -2.46. The smallest absolute Gasteiger partial charge is 0.0651 e. The molecular formula is C28H42O2. The van der Waals surface area contributed by atoms with Crippen molar-refractivity contribution in [2.75, 3.05) is 6.61 Å². The Kier molecular flexibility index (Phi) is 4.21. The van der Waals surface area contributed by atoms with E-state index in [1.165, 1.54) is 32.1 Å². The molecule has 15 unspecified atom stereocenters. The van der Waals surface area contributed by atoms with Gasteiger partial charge in [0.2, 0.25) is 0 Å². The standard InChI is InChI=1S/C28H42O2/c1-13(2)18-8-5-14(3)9-22(18)29-12-21-15(4)19-11-20(21)26-25(19)27-23-16-6-7-17(10-16)24(23)28(26)30-27/h6-7,13-28H,5,8-12H2,1-4H3. The Morgan fingerprint density at radius 1 is 0.867 bits per heavy atom. The summed E-state index contributed by atoms with van der Waals surface area (Å²) in [5.74, 6) is 11.0. The fraction of sp³-hybridized carbons (Fsp3) is 0.929. The molecule has 2 heteroatoms. The first kappa shape index (κ1) is 19.2. The highest BCUT2D eigenvalue weighted by Crippen LogP contribution is 2.72. The summed E-state index contributed by atoms with van der Waals surface area (Å²) >= 11 is 0. The second-order valence-corrected chi connectivity index (χ2v) is 13.1. The maximum absolute atomic E-state index is 6.85. The van der Waals surface area contributed by atoms with E-state index < -0.39 is 0 Å². The van der Waals surface area contributed by atoms with E-state index in [2.05, 4.69) is 39.8 Å². The van der Waals surface area contributed by atoms with E-state index in [0.29, 0.717) is 18.3 Å². The van der Waals surface area contributed by atoms with Gasteiger partial charge < -0.3 is 9.47 Å². The van der Waals surface area contributed by atoms with Crippen LogP contribution >= 0.6 is 0 Å². The van der Waals surface area contributed by atoms with Crippen LogP contribution in [0.3, 0.4) is 0 Å². The summed E-state index contributed by atoms with van der Waals surface area (Å²) in [5.41, 5.74) is 0. The van der Waals surface area contributed by atoms with Crippen LogP contribution in [0.5, 0.6) is 0 Å². The summed E-state index contributed by atoms with van der Waals surface area (Å²) in [6.07, 6.45) is 13.8. The summed E-state index contributed by atoms with van der Waals surface area (Å²) in [6, 6.07) is 0. The summed E-state index contributed by atoms with van der Waals surface area (Å²) in [5, 5.41) is 0. The van der Waals surface area contributed by atoms with Crippen molar-refractivity contribution in [3.05, 3.63) is 12.2 Å². The molecule has 0 spiro atoms. The predicted octanol–water partition coefficient (Wildman–Crippen LogP) is 5.82. The fourth-order valence-corrected chi connectivity index (χ4v) is 10.6. The van der Waals surface area contributed by atoms with Crippen LogP contribution in [0.25, 0.3) is 0 Å². The van der Waals surface area contributed by atoms with Gasteiger partial charge in [-0.2, -0.15) is 0 Å². The molecule has 0 radical (unpaired) electrons. The minimum Gasteiger partial charge on any atom is -0.378 e. The zero-order chi connectivity index (χ0) is 20.3. The van der Waals surface area contributed by atoms with Gasteiger partial charge >= 0.3 is 0 Å². The van der Waals surface area contributed by atoms with Gasteiger partial charge in [-0.05, 0) is 103 Å². The van der Waals surface area contributed by atoms with E-state index in [0.717, 1.165) is 83.5 Å². The highest BCUT2D eigenvalue weighted by Gasteiger charge is 2.73. The summed E-state index contributed by atoms with van der Waals surface area (Å²) in [7, 11) is 0. The second-order valence-electron chi connectivity index (χ2n) is 13.1. The fourth-order valence-electron chi connectivity index (χ4n) is 10.6. The van der Waals surface area contributed by atoms with Crippen molar-refractivity contribution in [3.8, 4) is 0 Å². The Labute approximate surface area is 183 Å². The molecule has 30 heavy (non-hydrogen) atoms. The molecule has 7 rings (SSSR count). The van der Waals surface area contributed by atoms with E-state index in [1.807, 2.05) is 0 Å². The molecule has 5 aliphatic carbocycles. The molecule has 0 amide bonds. The molecule has 166 valence electrons. The van der Waals surface area contributed by atoms with E-state index in [9.17, 15) is 0 Å². The van der Waals surface area contributed by atoms with Crippen LogP contribution in [0.2, 0.25) is 0 Å². The molecule has 15 atom stereocenters. The Morgan fingerprint density at radius 3 is 2.27 bits per heavy atom. The maximum atomic E-state index is 6.85. The molecule has 0 N–H and O–H groups in total. The Bertz CT molecular complexity index is 728. The Balaban J connectivity index is 1.08. The minimum absolute atomic E-state index is 0.507. The highest BCUT2D eigenvalue weighted by atomic mass is 16.5. The quantitative estimate of drug-likeness (QED) is 0.544. The molecule has 0 aromatic carbocycles. The highest BCUT2D eigenvalue weighted by molar-refractivity contribution is 5.26. The van der Waals surface area contributed by atoms with E-state index in [4.69, 9.17) is 9.47 Å². The largest absolute Gasteiger partial charge is 0.378 e. The van der Waals surface area contributed by atoms with Crippen molar-refractivity contribution < 1.29 is 9.47 Å². The Hall–Kier alpha value is -0.340. The minimum atomic E-state index is 0.507. The van der Waals surface area contributed by atoms with Gasteiger partial charge in [0.1, 0.15) is 0 Å². The average molecular weight is 411 g/mol. The third-order valence-electron chi connectivity index (χ3n) is 11.8. The molecule has 6 fully saturated rings. The molecule has 2 saturated heterocycles. The number of hydrogen-bond donors (Lipinski definition) is 0. The molecule has 7 aliphatic rings. The SMILES string of the molecule is CC1CCC(C(C)C)C(OCC2C(C)C3CC2C2C4OC(C5C6C=CC(C6)C45)C32)C1. The van der Waals surface area contributed by atoms with Crippen LogP contribution in [0.15, 0.2) is 12.2 Å². The lowest BCUT2D eigenvalue weighted by molar-refractivity contribution is -0.0759. The molecule has 0 aromatic rings. The molecular weight excluding hydrogens is 368 g/mol. The van der Waals surface area contributed by atoms with Gasteiger partial charge in [0.15, 0.2) is 0 Å². The van der Waals surface area contributed by atoms with Crippen molar-refractivity contribution in [2.45, 2.75) is 78.1 Å². The van der Waals surface area contributed by atoms with Crippen molar-refractivity contribution in [3.63, 3.8) is 0 Å². The van der Waals surface area contributed by atoms with Crippen LogP contribution < -0.4 is 0 Å². The van der Waals surface area contributed by atoms with E-state index in [-0.39, 0.29) is 0 Å². The van der Waals surface area contributed by atoms with Crippen LogP contribution in [0.4, 0.5) is 0 Å². The average Bonchev–Trinajstić information content (AvgIpc) is 3.52. The first-order chi connectivity index (χ1) is 14.5. The zero-order valence-corrected chi connectivity index (χ0v) is 19.5. The second kappa shape index (κ2) is 6.60. The monoisotopic (exact) mass is 410 g/mol. The van der Waals surface area contributed by atoms with Gasteiger partial charge in [0.25, 0.3) is 0 Å². The summed E-state index contributed by atoms with van der Waals surface area (Å²) in [6.45, 7) is 10.9. The van der Waals surface area contributed by atoms with Crippen molar-refractivity contribution in [2.24, 2.45) is 76.9 Å². The zero-order valence-electron chi connectivity index (χ0n) is 19.5. The first-order valence-corrected chi connectivity index (χ1v) is 13.5. The first-order valence-electron chi connectivity index (χ1n) is 13.5. The normalized spacial score (nSPS) is 62.0. The van der Waals surface area contributed by atoms with Gasteiger partial charge in [0, 0.05) is 0 Å². The number of ether oxygens (including phenoxy) is 2. The molecule has 6 bridgehead atoms. The summed E-state index contributed by atoms with van der Waals surface area (Å²) < 4.78 is 13.7. The van der Waals surface area contributed by atoms with Crippen LogP contribution in [0.1, 0.15) is 59.8 Å². The number of rotatable bonds is 4. The maximum Gasteiger partial charge on any atom is 0.0651 e. The van der Waals surface area contributed by atoms with Crippen LogP contribution in [-0.2, 0) is 9.47 Å². The molecule has 2 heterocycles. The van der Waals surface area contributed by atoms with E-state index in [1.54, 1.807) is 0 Å². The number of allylic oxidation sites excluding steroid dienone is 2. The molecule has 4 saturated carbocycles. The predicted molar refractivity (Wildman–Crippen MR) is 119 cm³/mol. The van der Waals surface area contributed by atoms with Gasteiger partial charge in [-0.3, -0.25) is 0 Å². The summed E-state index contributed by atoms with van der Waals surface area (Å²) in [4.78, 5) is 0. The van der Waals surface area contributed by atoms with Crippen molar-refractivity contribution in [1.29, 1.82) is 0 Å². The van der Waals surface area contributed by atoms with Gasteiger partial charge in [-0.15, -0.1) is 0 Å². The topological polar surface area (TPSA) is 18.5 Å². The van der Waals surface area contributed by atoms with Gasteiger partial charge in [0.05, 0.1) is 24.9 Å². The lowest BCUT2D eigenvalue weighted by Crippen LogP contribution is -2.48. The lowest BCUT2D eigenvalue weighted by atomic mass is 9.57. The molecule has 2 aliphatic heterocycles. The van der Waals surface area contributed by atoms with Crippen molar-refractivity contribution in [1.82, 2.24) is 0 Å². The third kappa shape index (κ3) is 2.39. The molecule has 0 aromatic heterocycles. The third-order valence-corrected chi connectivity index (χ3v) is 11.8. The van der Waals surface area contributed by atoms with Gasteiger partial charge in [-0.1, -0.05) is 46.3 Å². The van der Waals surface area contributed by atoms with Crippen molar-refractivity contribution >= 4 is 0 Å². The Morgan fingerprint density at radius 2 is 1.57 bits per heavy atom. The molecule has 2 nitrogen and oxygen atoms in total. The number of fused-ring (bicyclic) bond motifs is 16. The van der Waals surface area contributed by atoms with Crippen LogP contribution in [0, 0.1) is 76.9 Å².